The van der Waals surface area contributed by atoms with Gasteiger partial charge in [-0.3, -0.25) is 34.3 Å². The number of anilines is 3. The van der Waals surface area contributed by atoms with Crippen LogP contribution in [0.3, 0.4) is 0 Å². The summed E-state index contributed by atoms with van der Waals surface area (Å²) < 4.78 is 0. The molecule has 9 rings (SSSR count). The van der Waals surface area contributed by atoms with Gasteiger partial charge in [0.05, 0.1) is 5.52 Å². The lowest BCUT2D eigenvalue weighted by molar-refractivity contribution is -0.136. The van der Waals surface area contributed by atoms with Crippen LogP contribution in [0.4, 0.5) is 17.2 Å². The number of likely N-dealkylation sites (tertiary alicyclic amines) is 1. The molecule has 1 unspecified atom stereocenters. The van der Waals surface area contributed by atoms with Gasteiger partial charge in [0.2, 0.25) is 11.8 Å². The SMILES string of the molecule is C[C@@H]1CN(CC2CCN(c3cccc4c3CN(C3CCC(=O)NC3=O)C4=O)CC2)CCN1c1ccc(C(=O)Nc2cc3[nH]c([C@H]4CCCN4C)cc3cn2)cc1. The highest BCUT2D eigenvalue weighted by molar-refractivity contribution is 6.06. The van der Waals surface area contributed by atoms with E-state index in [1.165, 1.54) is 12.1 Å². The topological polar surface area (TPSA) is 137 Å². The smallest absolute Gasteiger partial charge is 0.256 e. The van der Waals surface area contributed by atoms with Gasteiger partial charge in [0.1, 0.15) is 11.9 Å². The number of nitrogens with zero attached hydrogens (tertiary/aromatic N) is 6. The van der Waals surface area contributed by atoms with Crippen molar-refractivity contribution in [2.24, 2.45) is 5.92 Å². The van der Waals surface area contributed by atoms with Gasteiger partial charge in [-0.25, -0.2) is 4.98 Å². The second-order valence-electron chi connectivity index (χ2n) is 16.5. The Bertz CT molecular complexity index is 2160. The van der Waals surface area contributed by atoms with Crippen LogP contribution in [-0.4, -0.2) is 113 Å². The molecular formula is C43H51N9O4. The summed E-state index contributed by atoms with van der Waals surface area (Å²) in [6.07, 6.45) is 6.96. The molecule has 3 N–H and O–H groups in total. The molecule has 0 saturated carbocycles. The summed E-state index contributed by atoms with van der Waals surface area (Å²) in [5.41, 5.74) is 6.66. The highest BCUT2D eigenvalue weighted by Gasteiger charge is 2.40. The van der Waals surface area contributed by atoms with Crippen LogP contribution < -0.4 is 20.4 Å². The monoisotopic (exact) mass is 757 g/mol. The van der Waals surface area contributed by atoms with Crippen molar-refractivity contribution in [1.29, 1.82) is 0 Å². The van der Waals surface area contributed by atoms with Crippen LogP contribution in [0, 0.1) is 5.92 Å². The molecule has 4 saturated heterocycles. The number of imide groups is 1. The number of fused-ring (bicyclic) bond motifs is 2. The molecule has 13 nitrogen and oxygen atoms in total. The summed E-state index contributed by atoms with van der Waals surface area (Å²) in [6.45, 7) is 9.62. The molecular weight excluding hydrogens is 707 g/mol. The number of carbonyl (C=O) groups excluding carboxylic acids is 4. The van der Waals surface area contributed by atoms with Crippen LogP contribution in [0.25, 0.3) is 10.9 Å². The zero-order chi connectivity index (χ0) is 38.5. The van der Waals surface area contributed by atoms with E-state index in [0.717, 1.165) is 92.9 Å². The van der Waals surface area contributed by atoms with E-state index < -0.39 is 6.04 Å². The van der Waals surface area contributed by atoms with E-state index in [0.29, 0.717) is 47.9 Å². The van der Waals surface area contributed by atoms with E-state index in [2.05, 4.69) is 78.4 Å². The first-order chi connectivity index (χ1) is 27.2. The first-order valence-corrected chi connectivity index (χ1v) is 20.3. The minimum Gasteiger partial charge on any atom is -0.371 e. The van der Waals surface area contributed by atoms with Gasteiger partial charge in [0.15, 0.2) is 0 Å². The van der Waals surface area contributed by atoms with Crippen molar-refractivity contribution in [2.75, 3.05) is 68.0 Å². The molecule has 2 aromatic carbocycles. The maximum Gasteiger partial charge on any atom is 0.256 e. The lowest BCUT2D eigenvalue weighted by atomic mass is 9.94. The molecule has 4 aromatic rings. The normalized spacial score (nSPS) is 23.9. The largest absolute Gasteiger partial charge is 0.371 e. The summed E-state index contributed by atoms with van der Waals surface area (Å²) >= 11 is 0. The van der Waals surface area contributed by atoms with E-state index in [9.17, 15) is 19.2 Å². The Morgan fingerprint density at radius 3 is 2.48 bits per heavy atom. The Kier molecular flexibility index (Phi) is 9.74. The fourth-order valence-electron chi connectivity index (χ4n) is 9.76. The van der Waals surface area contributed by atoms with Crippen LogP contribution >= 0.6 is 0 Å². The quantitative estimate of drug-likeness (QED) is 0.217. The van der Waals surface area contributed by atoms with Crippen molar-refractivity contribution in [1.82, 2.24) is 30.0 Å². The highest BCUT2D eigenvalue weighted by atomic mass is 16.2. The summed E-state index contributed by atoms with van der Waals surface area (Å²) in [5.74, 6) is 0.191. The predicted molar refractivity (Wildman–Crippen MR) is 216 cm³/mol. The van der Waals surface area contributed by atoms with E-state index in [-0.39, 0.29) is 30.0 Å². The van der Waals surface area contributed by atoms with Gasteiger partial charge in [-0.15, -0.1) is 0 Å². The number of pyridine rings is 1. The van der Waals surface area contributed by atoms with E-state index in [4.69, 9.17) is 0 Å². The minimum atomic E-state index is -0.604. The molecule has 4 fully saturated rings. The molecule has 0 bridgehead atoms. The standard InChI is InChI=1S/C43H51N9O4/c1-27-24-49(25-28-14-17-50(18-15-28)36-6-3-5-32-33(36)26-52(43(32)56)38-12-13-40(53)47-42(38)55)19-20-51(27)31-10-8-29(9-11-31)41(54)46-39-22-34-30(23-44-39)21-35(45-34)37-7-4-16-48(37)2/h3,5-6,8-11,21-23,27-28,37-38,45H,4,7,12-20,24-26H2,1-2H3,(H,44,46,54)(H,47,53,55)/t27-,37-,38?/m1/s1. The highest BCUT2D eigenvalue weighted by Crippen LogP contribution is 2.36. The van der Waals surface area contributed by atoms with Gasteiger partial charge in [-0.1, -0.05) is 6.07 Å². The molecule has 5 aliphatic heterocycles. The van der Waals surface area contributed by atoms with Crippen molar-refractivity contribution in [2.45, 2.75) is 70.1 Å². The van der Waals surface area contributed by atoms with Crippen LogP contribution in [0.2, 0.25) is 0 Å². The number of hydrogen-bond donors (Lipinski definition) is 3. The van der Waals surface area contributed by atoms with Gasteiger partial charge >= 0.3 is 0 Å². The van der Waals surface area contributed by atoms with Gasteiger partial charge < -0.3 is 25.0 Å². The number of rotatable bonds is 8. The van der Waals surface area contributed by atoms with Gasteiger partial charge in [0, 0.05) is 116 Å². The number of amides is 4. The number of benzene rings is 2. The van der Waals surface area contributed by atoms with Crippen LogP contribution in [0.15, 0.2) is 60.8 Å². The molecule has 13 heteroatoms. The van der Waals surface area contributed by atoms with Gasteiger partial charge in [-0.2, -0.15) is 0 Å². The molecule has 4 amide bonds. The average molecular weight is 758 g/mol. The number of hydrogen-bond acceptors (Lipinski definition) is 9. The van der Waals surface area contributed by atoms with Crippen molar-refractivity contribution >= 4 is 51.7 Å². The Morgan fingerprint density at radius 2 is 1.73 bits per heavy atom. The van der Waals surface area contributed by atoms with Crippen LogP contribution in [-0.2, 0) is 16.1 Å². The third-order valence-electron chi connectivity index (χ3n) is 12.8. The van der Waals surface area contributed by atoms with Crippen LogP contribution in [0.1, 0.15) is 83.5 Å². The lowest BCUT2D eigenvalue weighted by Crippen LogP contribution is -2.53. The van der Waals surface area contributed by atoms with E-state index in [1.54, 1.807) is 4.90 Å². The van der Waals surface area contributed by atoms with Gasteiger partial charge in [0.25, 0.3) is 11.8 Å². The number of nitrogens with one attached hydrogen (secondary N) is 3. The third kappa shape index (κ3) is 7.02. The van der Waals surface area contributed by atoms with Crippen molar-refractivity contribution in [3.63, 3.8) is 0 Å². The third-order valence-corrected chi connectivity index (χ3v) is 12.8. The minimum absolute atomic E-state index is 0.124. The molecule has 0 spiro atoms. The predicted octanol–water partition coefficient (Wildman–Crippen LogP) is 4.77. The number of aromatic nitrogens is 2. The summed E-state index contributed by atoms with van der Waals surface area (Å²) in [7, 11) is 2.16. The average Bonchev–Trinajstić information content (AvgIpc) is 3.91. The Labute approximate surface area is 327 Å². The molecule has 3 atom stereocenters. The molecule has 292 valence electrons. The maximum atomic E-state index is 13.4. The summed E-state index contributed by atoms with van der Waals surface area (Å²) in [4.78, 5) is 70.4. The number of aromatic amines is 1. The molecule has 5 aliphatic rings. The maximum absolute atomic E-state index is 13.4. The van der Waals surface area contributed by atoms with Crippen molar-refractivity contribution < 1.29 is 19.2 Å². The Morgan fingerprint density at radius 1 is 0.911 bits per heavy atom. The lowest BCUT2D eigenvalue weighted by Gasteiger charge is -2.43. The van der Waals surface area contributed by atoms with E-state index in [1.807, 2.05) is 36.5 Å². The van der Waals surface area contributed by atoms with Crippen LogP contribution in [0.5, 0.6) is 0 Å². The molecule has 2 aromatic heterocycles. The van der Waals surface area contributed by atoms with Crippen molar-refractivity contribution in [3.8, 4) is 0 Å². The van der Waals surface area contributed by atoms with Gasteiger partial charge in [-0.05, 0) is 101 Å². The second-order valence-corrected chi connectivity index (χ2v) is 16.5. The molecule has 7 heterocycles. The molecule has 0 aliphatic carbocycles. The number of carbonyl (C=O) groups is 4. The van der Waals surface area contributed by atoms with Crippen molar-refractivity contribution in [3.05, 3.63) is 83.2 Å². The zero-order valence-corrected chi connectivity index (χ0v) is 32.3. The second kappa shape index (κ2) is 15.0. The molecule has 0 radical (unpaired) electrons. The summed E-state index contributed by atoms with van der Waals surface area (Å²) in [6, 6.07) is 18.1. The first-order valence-electron chi connectivity index (χ1n) is 20.3. The fraction of sp³-hybridized carbons (Fsp3) is 0.465. The summed E-state index contributed by atoms with van der Waals surface area (Å²) in [5, 5.41) is 6.44. The first kappa shape index (κ1) is 36.4. The number of piperidine rings is 2. The Hall–Kier alpha value is -5.27. The van der Waals surface area contributed by atoms with E-state index >= 15 is 0 Å². The zero-order valence-electron chi connectivity index (χ0n) is 32.3. The number of H-pyrrole nitrogens is 1. The number of piperazine rings is 1. The fourth-order valence-corrected chi connectivity index (χ4v) is 9.76. The molecule has 56 heavy (non-hydrogen) atoms. The Balaban J connectivity index is 0.756.